The van der Waals surface area contributed by atoms with Gasteiger partial charge in [-0.15, -0.1) is 22.7 Å². The van der Waals surface area contributed by atoms with Crippen molar-refractivity contribution in [3.63, 3.8) is 0 Å². The highest BCUT2D eigenvalue weighted by Gasteiger charge is 2.08. The van der Waals surface area contributed by atoms with Crippen LogP contribution in [0.2, 0.25) is 0 Å². The van der Waals surface area contributed by atoms with Gasteiger partial charge in [0.25, 0.3) is 0 Å². The maximum atomic E-state index is 10.8. The van der Waals surface area contributed by atoms with Gasteiger partial charge in [0.2, 0.25) is 0 Å². The highest BCUT2D eigenvalue weighted by Crippen LogP contribution is 2.43. The lowest BCUT2D eigenvalue weighted by atomic mass is 10.7. The largest absolute Gasteiger partial charge is 0.302 e. The van der Waals surface area contributed by atoms with E-state index in [9.17, 15) is 8.42 Å². The molecule has 0 fully saturated rings. The van der Waals surface area contributed by atoms with E-state index in [-0.39, 0.29) is 0 Å². The molecule has 2 heterocycles. The van der Waals surface area contributed by atoms with Crippen LogP contribution in [-0.2, 0) is 22.2 Å². The second-order valence-electron chi connectivity index (χ2n) is 2.87. The molecule has 18 heavy (non-hydrogen) atoms. The highest BCUT2D eigenvalue weighted by molar-refractivity contribution is 8.77. The van der Waals surface area contributed by atoms with Crippen molar-refractivity contribution in [2.24, 2.45) is 0 Å². The topological polar surface area (TPSA) is 74.6 Å². The van der Waals surface area contributed by atoms with Gasteiger partial charge in [-0.05, 0) is 33.7 Å². The molecule has 2 atom stereocenters. The number of hydrogen-bond acceptors (Lipinski definition) is 6. The summed E-state index contributed by atoms with van der Waals surface area (Å²) in [5.41, 5.74) is 0. The molecule has 0 spiro atoms. The molecule has 2 N–H and O–H groups in total. The number of rotatable bonds is 5. The maximum Gasteiger partial charge on any atom is 0.187 e. The first kappa shape index (κ1) is 14.7. The Hall–Kier alpha value is 0.320. The summed E-state index contributed by atoms with van der Waals surface area (Å²) in [4.78, 5) is 0.790. The molecule has 0 radical (unpaired) electrons. The van der Waals surface area contributed by atoms with E-state index in [2.05, 4.69) is 0 Å². The third-order valence-corrected chi connectivity index (χ3v) is 8.42. The second kappa shape index (κ2) is 6.66. The van der Waals surface area contributed by atoms with Gasteiger partial charge in [-0.25, -0.2) is 8.42 Å². The van der Waals surface area contributed by atoms with Gasteiger partial charge in [0, 0.05) is 10.8 Å². The predicted octanol–water partition coefficient (Wildman–Crippen LogP) is 3.77. The Morgan fingerprint density at radius 1 is 0.889 bits per heavy atom. The first-order chi connectivity index (χ1) is 8.56. The lowest BCUT2D eigenvalue weighted by molar-refractivity contribution is 0.563. The normalized spacial score (nSPS) is 14.6. The maximum absolute atomic E-state index is 10.8. The zero-order valence-electron chi connectivity index (χ0n) is 8.47. The third kappa shape index (κ3) is 3.90. The standard InChI is InChI=1S/C8H6O4S6/c9-17(10)5-1-7(13-3-5)15-16-8-2-6(4-14-8)18(11)12/h1-4H,(H,9,10)(H,11,12). The van der Waals surface area contributed by atoms with E-state index < -0.39 is 22.2 Å². The smallest absolute Gasteiger partial charge is 0.187 e. The van der Waals surface area contributed by atoms with Crippen LogP contribution in [0, 0.1) is 0 Å². The summed E-state index contributed by atoms with van der Waals surface area (Å²) in [7, 11) is 2.91. The van der Waals surface area contributed by atoms with Crippen LogP contribution < -0.4 is 0 Å². The molecular weight excluding hydrogens is 352 g/mol. The van der Waals surface area contributed by atoms with Crippen LogP contribution in [-0.4, -0.2) is 17.5 Å². The quantitative estimate of drug-likeness (QED) is 0.626. The molecule has 2 rings (SSSR count). The molecule has 10 heteroatoms. The fourth-order valence-corrected chi connectivity index (χ4v) is 6.85. The van der Waals surface area contributed by atoms with Gasteiger partial charge in [-0.1, -0.05) is 0 Å². The van der Waals surface area contributed by atoms with Crippen molar-refractivity contribution < 1.29 is 17.5 Å². The fourth-order valence-electron chi connectivity index (χ4n) is 0.953. The Kier molecular flexibility index (Phi) is 5.45. The molecule has 0 aliphatic carbocycles. The van der Waals surface area contributed by atoms with Gasteiger partial charge in [0.1, 0.15) is 0 Å². The van der Waals surface area contributed by atoms with E-state index in [0.717, 1.165) is 8.42 Å². The van der Waals surface area contributed by atoms with E-state index in [4.69, 9.17) is 9.11 Å². The monoisotopic (exact) mass is 358 g/mol. The fraction of sp³-hybridized carbons (Fsp3) is 0. The van der Waals surface area contributed by atoms with Gasteiger partial charge in [-0.2, -0.15) is 0 Å². The van der Waals surface area contributed by atoms with E-state index in [1.807, 2.05) is 0 Å². The molecule has 0 saturated carbocycles. The Morgan fingerprint density at radius 3 is 1.56 bits per heavy atom. The Morgan fingerprint density at radius 2 is 1.28 bits per heavy atom. The molecule has 98 valence electrons. The van der Waals surface area contributed by atoms with E-state index in [1.165, 1.54) is 44.3 Å². The zero-order valence-corrected chi connectivity index (χ0v) is 13.4. The van der Waals surface area contributed by atoms with E-state index in [0.29, 0.717) is 9.79 Å². The molecule has 4 nitrogen and oxygen atoms in total. The van der Waals surface area contributed by atoms with Crippen LogP contribution in [0.1, 0.15) is 0 Å². The first-order valence-corrected chi connectivity index (χ1v) is 10.4. The average Bonchev–Trinajstić information content (AvgIpc) is 2.95. The van der Waals surface area contributed by atoms with Crippen molar-refractivity contribution in [1.82, 2.24) is 0 Å². The molecular formula is C8H6O4S6. The highest BCUT2D eigenvalue weighted by atomic mass is 33.1. The second-order valence-corrected chi connectivity index (χ2v) is 9.36. The Balaban J connectivity index is 1.97. The van der Waals surface area contributed by atoms with Crippen LogP contribution in [0.3, 0.4) is 0 Å². The summed E-state index contributed by atoms with van der Waals surface area (Å²) in [6.07, 6.45) is 0. The lowest BCUT2D eigenvalue weighted by Crippen LogP contribution is -1.82. The lowest BCUT2D eigenvalue weighted by Gasteiger charge is -1.93. The molecule has 0 saturated heterocycles. The predicted molar refractivity (Wildman–Crippen MR) is 78.4 cm³/mol. The van der Waals surface area contributed by atoms with Crippen LogP contribution in [0.4, 0.5) is 0 Å². The van der Waals surface area contributed by atoms with Gasteiger partial charge in [-0.3, -0.25) is 0 Å². The van der Waals surface area contributed by atoms with Crippen molar-refractivity contribution in [2.75, 3.05) is 0 Å². The molecule has 2 unspecified atom stereocenters. The Labute approximate surface area is 124 Å². The molecule has 2 aromatic rings. The summed E-state index contributed by atoms with van der Waals surface area (Å²) >= 11 is -1.09. The van der Waals surface area contributed by atoms with Gasteiger partial charge < -0.3 is 9.11 Å². The van der Waals surface area contributed by atoms with Crippen LogP contribution in [0.25, 0.3) is 0 Å². The number of hydrogen-bond donors (Lipinski definition) is 2. The molecule has 0 bridgehead atoms. The van der Waals surface area contributed by atoms with Crippen molar-refractivity contribution in [3.8, 4) is 0 Å². The molecule has 0 aromatic carbocycles. The molecule has 2 aromatic heterocycles. The van der Waals surface area contributed by atoms with Crippen molar-refractivity contribution in [1.29, 1.82) is 0 Å². The van der Waals surface area contributed by atoms with E-state index >= 15 is 0 Å². The van der Waals surface area contributed by atoms with E-state index in [1.54, 1.807) is 22.9 Å². The summed E-state index contributed by atoms with van der Waals surface area (Å²) in [5, 5.41) is 3.28. The minimum atomic E-state index is -1.94. The average molecular weight is 359 g/mol. The SMILES string of the molecule is O=S(O)c1csc(SSc2cc(S(=O)O)cs2)c1. The third-order valence-electron chi connectivity index (χ3n) is 1.71. The van der Waals surface area contributed by atoms with Crippen molar-refractivity contribution in [3.05, 3.63) is 22.9 Å². The summed E-state index contributed by atoms with van der Waals surface area (Å²) in [6, 6.07) is 3.33. The van der Waals surface area contributed by atoms with Crippen molar-refractivity contribution in [2.45, 2.75) is 18.2 Å². The van der Waals surface area contributed by atoms with Gasteiger partial charge in [0.05, 0.1) is 18.2 Å². The van der Waals surface area contributed by atoms with Gasteiger partial charge >= 0.3 is 0 Å². The molecule has 0 amide bonds. The van der Waals surface area contributed by atoms with Gasteiger partial charge in [0.15, 0.2) is 22.2 Å². The number of thiophene rings is 2. The Bertz CT molecular complexity index is 536. The minimum absolute atomic E-state index is 0.395. The van der Waals surface area contributed by atoms with Crippen LogP contribution in [0.15, 0.2) is 41.1 Å². The molecule has 0 aliphatic rings. The molecule has 0 aliphatic heterocycles. The van der Waals surface area contributed by atoms with Crippen LogP contribution in [0.5, 0.6) is 0 Å². The summed E-state index contributed by atoms with van der Waals surface area (Å²) < 4.78 is 41.2. The summed E-state index contributed by atoms with van der Waals surface area (Å²) in [5.74, 6) is 0. The van der Waals surface area contributed by atoms with Crippen LogP contribution >= 0.6 is 44.3 Å². The minimum Gasteiger partial charge on any atom is -0.302 e. The first-order valence-electron chi connectivity index (χ1n) is 4.29. The summed E-state index contributed by atoms with van der Waals surface area (Å²) in [6.45, 7) is 0. The zero-order chi connectivity index (χ0) is 13.1. The van der Waals surface area contributed by atoms with Crippen molar-refractivity contribution >= 4 is 66.4 Å².